The molecule has 0 fully saturated rings. The van der Waals surface area contributed by atoms with Crippen LogP contribution in [0.4, 0.5) is 8.78 Å². The molecule has 0 amide bonds. The summed E-state index contributed by atoms with van der Waals surface area (Å²) >= 11 is 7.56. The maximum atomic E-state index is 14.3. The van der Waals surface area contributed by atoms with Crippen LogP contribution < -0.4 is 4.80 Å². The number of thiazole rings is 1. The molecule has 0 aliphatic carbocycles. The molecule has 2 aromatic heterocycles. The maximum Gasteiger partial charge on any atom is 0.294 e. The van der Waals surface area contributed by atoms with Gasteiger partial charge in [0.05, 0.1) is 21.2 Å². The molecule has 26 heavy (non-hydrogen) atoms. The molecule has 0 atom stereocenters. The Balaban J connectivity index is 2.20. The molecule has 3 rings (SSSR count). The van der Waals surface area contributed by atoms with E-state index in [2.05, 4.69) is 4.40 Å². The number of halogens is 3. The van der Waals surface area contributed by atoms with Crippen molar-refractivity contribution in [3.8, 4) is 0 Å². The fraction of sp³-hybridized carbons (Fsp3) is 0.267. The van der Waals surface area contributed by atoms with Gasteiger partial charge < -0.3 is 9.30 Å². The molecule has 0 bridgehead atoms. The summed E-state index contributed by atoms with van der Waals surface area (Å²) in [5.41, 5.74) is 0.0919. The van der Waals surface area contributed by atoms with Crippen LogP contribution in [-0.2, 0) is 21.3 Å². The van der Waals surface area contributed by atoms with Gasteiger partial charge in [0.25, 0.3) is 10.0 Å². The molecule has 3 aromatic rings. The van der Waals surface area contributed by atoms with E-state index >= 15 is 0 Å². The van der Waals surface area contributed by atoms with Crippen molar-refractivity contribution in [2.45, 2.75) is 17.7 Å². The highest BCUT2D eigenvalue weighted by Gasteiger charge is 2.19. The molecule has 0 aliphatic heterocycles. The lowest BCUT2D eigenvalue weighted by atomic mass is 10.3. The van der Waals surface area contributed by atoms with Crippen LogP contribution in [0.2, 0.25) is 4.34 Å². The minimum absolute atomic E-state index is 0.0250. The van der Waals surface area contributed by atoms with Gasteiger partial charge in [-0.05, 0) is 25.1 Å². The summed E-state index contributed by atoms with van der Waals surface area (Å²) in [5.74, 6) is -1.53. The molecular formula is C15H13ClF2N2O3S3. The number of benzene rings is 1. The van der Waals surface area contributed by atoms with Crippen molar-refractivity contribution in [3.63, 3.8) is 0 Å². The third-order valence-corrected chi connectivity index (χ3v) is 7.47. The molecule has 2 heterocycles. The highest BCUT2D eigenvalue weighted by atomic mass is 35.5. The van der Waals surface area contributed by atoms with E-state index in [0.29, 0.717) is 10.9 Å². The zero-order valence-electron chi connectivity index (χ0n) is 13.4. The summed E-state index contributed by atoms with van der Waals surface area (Å²) in [4.78, 5) is 0.0359. The standard InChI is InChI=1S/C15H13ClF2N2O3S3/c1-2-23-6-5-20-14-10(18)7-9(17)8-11(14)24-15(20)19-26(21,22)13-4-3-12(16)25-13/h3-4,7-8H,2,5-6H2,1H3. The first kappa shape index (κ1) is 19.4. The van der Waals surface area contributed by atoms with Gasteiger partial charge in [0.2, 0.25) is 4.80 Å². The van der Waals surface area contributed by atoms with E-state index in [4.69, 9.17) is 16.3 Å². The Bertz CT molecular complexity index is 1120. The van der Waals surface area contributed by atoms with Crippen LogP contribution in [0, 0.1) is 11.6 Å². The predicted molar refractivity (Wildman–Crippen MR) is 98.3 cm³/mol. The first-order valence-electron chi connectivity index (χ1n) is 7.44. The number of fused-ring (bicyclic) bond motifs is 1. The summed E-state index contributed by atoms with van der Waals surface area (Å²) < 4.78 is 63.8. The lowest BCUT2D eigenvalue weighted by Gasteiger charge is -2.06. The molecule has 0 saturated carbocycles. The number of nitrogens with zero attached hydrogens (tertiary/aromatic N) is 2. The van der Waals surface area contributed by atoms with Gasteiger partial charge in [-0.2, -0.15) is 8.42 Å². The third-order valence-electron chi connectivity index (χ3n) is 3.36. The summed E-state index contributed by atoms with van der Waals surface area (Å²) in [6, 6.07) is 4.71. The van der Waals surface area contributed by atoms with Gasteiger partial charge in [0.1, 0.15) is 10.0 Å². The van der Waals surface area contributed by atoms with E-state index in [1.165, 1.54) is 16.7 Å². The van der Waals surface area contributed by atoms with Crippen molar-refractivity contribution in [2.24, 2.45) is 4.40 Å². The van der Waals surface area contributed by atoms with E-state index < -0.39 is 21.7 Å². The van der Waals surface area contributed by atoms with E-state index in [0.717, 1.165) is 34.8 Å². The predicted octanol–water partition coefficient (Wildman–Crippen LogP) is 4.02. The van der Waals surface area contributed by atoms with Crippen molar-refractivity contribution in [1.82, 2.24) is 4.57 Å². The van der Waals surface area contributed by atoms with E-state index in [9.17, 15) is 17.2 Å². The second-order valence-electron chi connectivity index (χ2n) is 5.09. The normalized spacial score (nSPS) is 13.0. The monoisotopic (exact) mass is 438 g/mol. The maximum absolute atomic E-state index is 14.3. The summed E-state index contributed by atoms with van der Waals surface area (Å²) in [6.45, 7) is 2.67. The SMILES string of the molecule is CCOCCn1c(=NS(=O)(=O)c2ccc(Cl)s2)sc2cc(F)cc(F)c21. The number of rotatable bonds is 6. The zero-order valence-corrected chi connectivity index (χ0v) is 16.6. The summed E-state index contributed by atoms with van der Waals surface area (Å²) in [5, 5.41) is 0. The number of hydrogen-bond acceptors (Lipinski definition) is 5. The summed E-state index contributed by atoms with van der Waals surface area (Å²) in [7, 11) is -4.02. The first-order valence-corrected chi connectivity index (χ1v) is 10.9. The van der Waals surface area contributed by atoms with Gasteiger partial charge in [-0.15, -0.1) is 15.7 Å². The largest absolute Gasteiger partial charge is 0.380 e. The number of thiophene rings is 1. The Morgan fingerprint density at radius 1 is 1.27 bits per heavy atom. The molecule has 0 N–H and O–H groups in total. The minimum Gasteiger partial charge on any atom is -0.380 e. The minimum atomic E-state index is -4.02. The average Bonchev–Trinajstić information content (AvgIpc) is 3.12. The van der Waals surface area contributed by atoms with Gasteiger partial charge in [-0.3, -0.25) is 0 Å². The second kappa shape index (κ2) is 7.73. The number of sulfonamides is 1. The smallest absolute Gasteiger partial charge is 0.294 e. The van der Waals surface area contributed by atoms with E-state index in [1.807, 2.05) is 6.92 Å². The first-order chi connectivity index (χ1) is 12.3. The molecule has 11 heteroatoms. The van der Waals surface area contributed by atoms with Crippen LogP contribution in [-0.4, -0.2) is 26.2 Å². The molecule has 1 aromatic carbocycles. The van der Waals surface area contributed by atoms with Crippen molar-refractivity contribution in [2.75, 3.05) is 13.2 Å². The topological polar surface area (TPSA) is 60.7 Å². The van der Waals surface area contributed by atoms with E-state index in [-0.39, 0.29) is 32.4 Å². The van der Waals surface area contributed by atoms with Crippen LogP contribution in [0.3, 0.4) is 0 Å². The van der Waals surface area contributed by atoms with E-state index in [1.54, 1.807) is 0 Å². The molecule has 0 spiro atoms. The number of aromatic nitrogens is 1. The lowest BCUT2D eigenvalue weighted by Crippen LogP contribution is -2.20. The van der Waals surface area contributed by atoms with Crippen LogP contribution in [0.1, 0.15) is 6.92 Å². The van der Waals surface area contributed by atoms with Gasteiger partial charge in [0.15, 0.2) is 5.82 Å². The fourth-order valence-electron chi connectivity index (χ4n) is 2.29. The molecule has 0 unspecified atom stereocenters. The van der Waals surface area contributed by atoms with Crippen LogP contribution in [0.15, 0.2) is 32.9 Å². The fourth-order valence-corrected chi connectivity index (χ4v) is 6.05. The van der Waals surface area contributed by atoms with Gasteiger partial charge in [-0.25, -0.2) is 8.78 Å². The lowest BCUT2D eigenvalue weighted by molar-refractivity contribution is 0.139. The zero-order chi connectivity index (χ0) is 18.9. The Labute approximate surface area is 161 Å². The van der Waals surface area contributed by atoms with Crippen molar-refractivity contribution in [1.29, 1.82) is 0 Å². The van der Waals surface area contributed by atoms with Crippen LogP contribution >= 0.6 is 34.3 Å². The Morgan fingerprint density at radius 3 is 2.69 bits per heavy atom. The van der Waals surface area contributed by atoms with Crippen molar-refractivity contribution >= 4 is 54.5 Å². The van der Waals surface area contributed by atoms with Gasteiger partial charge in [0, 0.05) is 19.2 Å². The van der Waals surface area contributed by atoms with Gasteiger partial charge in [-0.1, -0.05) is 22.9 Å². The van der Waals surface area contributed by atoms with Gasteiger partial charge >= 0.3 is 0 Å². The van der Waals surface area contributed by atoms with Crippen molar-refractivity contribution < 1.29 is 21.9 Å². The Morgan fingerprint density at radius 2 is 2.04 bits per heavy atom. The van der Waals surface area contributed by atoms with Crippen LogP contribution in [0.25, 0.3) is 10.2 Å². The highest BCUT2D eigenvalue weighted by Crippen LogP contribution is 2.27. The van der Waals surface area contributed by atoms with Crippen molar-refractivity contribution in [3.05, 3.63) is 45.0 Å². The number of ether oxygens (including phenoxy) is 1. The second-order valence-corrected chi connectivity index (χ2v) is 9.65. The Kier molecular flexibility index (Phi) is 5.78. The molecule has 0 radical (unpaired) electrons. The average molecular weight is 439 g/mol. The quantitative estimate of drug-likeness (QED) is 0.546. The molecule has 140 valence electrons. The number of hydrogen-bond donors (Lipinski definition) is 0. The van der Waals surface area contributed by atoms with Crippen LogP contribution in [0.5, 0.6) is 0 Å². The molecule has 0 saturated heterocycles. The third kappa shape index (κ3) is 3.99. The molecule has 0 aliphatic rings. The summed E-state index contributed by atoms with van der Waals surface area (Å²) in [6.07, 6.45) is 0. The Hall–Kier alpha value is -1.33. The highest BCUT2D eigenvalue weighted by molar-refractivity contribution is 7.92. The molecular weight excluding hydrogens is 426 g/mol. The molecule has 5 nitrogen and oxygen atoms in total.